The van der Waals surface area contributed by atoms with Gasteiger partial charge in [-0.2, -0.15) is 0 Å². The molecule has 0 aromatic carbocycles. The number of aldehydes is 1. The van der Waals surface area contributed by atoms with Crippen LogP contribution in [0.4, 0.5) is 0 Å². The van der Waals surface area contributed by atoms with Gasteiger partial charge in [-0.15, -0.1) is 0 Å². The molecule has 11 heavy (non-hydrogen) atoms. The molecule has 1 aliphatic rings. The van der Waals surface area contributed by atoms with E-state index in [1.165, 1.54) is 13.2 Å². The van der Waals surface area contributed by atoms with Gasteiger partial charge in [0.1, 0.15) is 6.29 Å². The molecule has 1 heterocycles. The SMILES string of the molecule is COC1=CC(=O)O/C1=C\C=O. The minimum atomic E-state index is -0.519. The van der Waals surface area contributed by atoms with Crippen LogP contribution in [0, 0.1) is 0 Å². The van der Waals surface area contributed by atoms with Crippen LogP contribution >= 0.6 is 0 Å². The van der Waals surface area contributed by atoms with Gasteiger partial charge >= 0.3 is 5.97 Å². The van der Waals surface area contributed by atoms with E-state index in [1.54, 1.807) is 0 Å². The van der Waals surface area contributed by atoms with Crippen LogP contribution in [0.15, 0.2) is 23.7 Å². The standard InChI is InChI=1S/C7H6O4/c1-10-6-4-7(9)11-5(6)2-3-8/h2-4H,1H3/b5-2-. The van der Waals surface area contributed by atoms with E-state index in [4.69, 9.17) is 4.74 Å². The van der Waals surface area contributed by atoms with E-state index in [0.29, 0.717) is 6.29 Å². The molecule has 1 aliphatic heterocycles. The van der Waals surface area contributed by atoms with Crippen molar-refractivity contribution < 1.29 is 19.1 Å². The van der Waals surface area contributed by atoms with Crippen LogP contribution in [-0.4, -0.2) is 19.4 Å². The minimum Gasteiger partial charge on any atom is -0.493 e. The van der Waals surface area contributed by atoms with Crippen LogP contribution < -0.4 is 0 Å². The van der Waals surface area contributed by atoms with Gasteiger partial charge in [-0.1, -0.05) is 0 Å². The highest BCUT2D eigenvalue weighted by molar-refractivity contribution is 5.88. The number of hydrogen-bond donors (Lipinski definition) is 0. The lowest BCUT2D eigenvalue weighted by molar-refractivity contribution is -0.132. The molecular formula is C7H6O4. The Kier molecular flexibility index (Phi) is 2.06. The zero-order valence-corrected chi connectivity index (χ0v) is 5.87. The molecule has 0 radical (unpaired) electrons. The molecule has 0 aromatic rings. The maximum atomic E-state index is 10.6. The van der Waals surface area contributed by atoms with Gasteiger partial charge in [0.2, 0.25) is 0 Å². The number of carbonyl (C=O) groups excluding carboxylic acids is 2. The summed E-state index contributed by atoms with van der Waals surface area (Å²) in [7, 11) is 1.40. The maximum Gasteiger partial charge on any atom is 0.340 e. The summed E-state index contributed by atoms with van der Waals surface area (Å²) in [5, 5.41) is 0. The van der Waals surface area contributed by atoms with Crippen LogP contribution in [0.5, 0.6) is 0 Å². The van der Waals surface area contributed by atoms with Crippen molar-refractivity contribution in [2.45, 2.75) is 0 Å². The highest BCUT2D eigenvalue weighted by atomic mass is 16.6. The third-order valence-electron chi connectivity index (χ3n) is 1.14. The van der Waals surface area contributed by atoms with Gasteiger partial charge in [0.25, 0.3) is 0 Å². The molecule has 58 valence electrons. The topological polar surface area (TPSA) is 52.6 Å². The number of cyclic esters (lactones) is 1. The van der Waals surface area contributed by atoms with Crippen LogP contribution in [0.1, 0.15) is 0 Å². The molecule has 0 N–H and O–H groups in total. The third kappa shape index (κ3) is 1.46. The van der Waals surface area contributed by atoms with Crippen molar-refractivity contribution in [1.29, 1.82) is 0 Å². The summed E-state index contributed by atoms with van der Waals surface area (Å²) < 4.78 is 9.31. The molecule has 4 nitrogen and oxygen atoms in total. The van der Waals surface area contributed by atoms with E-state index < -0.39 is 5.97 Å². The summed E-state index contributed by atoms with van der Waals surface area (Å²) >= 11 is 0. The molecule has 4 heteroatoms. The molecule has 0 fully saturated rings. The average molecular weight is 154 g/mol. The van der Waals surface area contributed by atoms with Crippen molar-refractivity contribution in [3.8, 4) is 0 Å². The number of allylic oxidation sites excluding steroid dienone is 1. The molecule has 0 aromatic heterocycles. The number of carbonyl (C=O) groups is 2. The molecule has 0 aliphatic carbocycles. The Morgan fingerprint density at radius 3 is 2.91 bits per heavy atom. The molecule has 0 saturated carbocycles. The van der Waals surface area contributed by atoms with Crippen LogP contribution in [0.2, 0.25) is 0 Å². The second-order valence-electron chi connectivity index (χ2n) is 1.80. The molecule has 0 amide bonds. The summed E-state index contributed by atoms with van der Waals surface area (Å²) in [5.41, 5.74) is 0. The van der Waals surface area contributed by atoms with Gasteiger partial charge in [-0.3, -0.25) is 4.79 Å². The quantitative estimate of drug-likeness (QED) is 0.323. The Morgan fingerprint density at radius 1 is 1.64 bits per heavy atom. The number of ether oxygens (including phenoxy) is 2. The van der Waals surface area contributed by atoms with E-state index in [-0.39, 0.29) is 11.5 Å². The Balaban J connectivity index is 2.87. The van der Waals surface area contributed by atoms with E-state index in [1.807, 2.05) is 0 Å². The van der Waals surface area contributed by atoms with Gasteiger partial charge in [0.05, 0.1) is 13.2 Å². The summed E-state index contributed by atoms with van der Waals surface area (Å²) in [4.78, 5) is 20.5. The Labute approximate surface area is 63.1 Å². The molecular weight excluding hydrogens is 148 g/mol. The van der Waals surface area contributed by atoms with Crippen molar-refractivity contribution >= 4 is 12.3 Å². The van der Waals surface area contributed by atoms with Crippen molar-refractivity contribution in [2.24, 2.45) is 0 Å². The first-order valence-electron chi connectivity index (χ1n) is 2.91. The second kappa shape index (κ2) is 3.01. The predicted molar refractivity (Wildman–Crippen MR) is 35.3 cm³/mol. The summed E-state index contributed by atoms with van der Waals surface area (Å²) in [6.07, 6.45) is 2.83. The van der Waals surface area contributed by atoms with E-state index >= 15 is 0 Å². The maximum absolute atomic E-state index is 10.6. The van der Waals surface area contributed by atoms with E-state index in [2.05, 4.69) is 4.74 Å². The fourth-order valence-corrected chi connectivity index (χ4v) is 0.704. The monoisotopic (exact) mass is 154 g/mol. The fourth-order valence-electron chi connectivity index (χ4n) is 0.704. The fraction of sp³-hybridized carbons (Fsp3) is 0.143. The normalized spacial score (nSPS) is 19.5. The smallest absolute Gasteiger partial charge is 0.340 e. The summed E-state index contributed by atoms with van der Waals surface area (Å²) in [5.74, 6) is -0.0791. The molecule has 0 spiro atoms. The van der Waals surface area contributed by atoms with Gasteiger partial charge < -0.3 is 9.47 Å². The van der Waals surface area contributed by atoms with Gasteiger partial charge in [0.15, 0.2) is 11.5 Å². The number of rotatable bonds is 2. The lowest BCUT2D eigenvalue weighted by Gasteiger charge is -1.98. The minimum absolute atomic E-state index is 0.160. The first kappa shape index (κ1) is 7.53. The molecule has 0 unspecified atom stereocenters. The van der Waals surface area contributed by atoms with E-state index in [9.17, 15) is 9.59 Å². The van der Waals surface area contributed by atoms with E-state index in [0.717, 1.165) is 6.08 Å². The number of methoxy groups -OCH3 is 1. The lowest BCUT2D eigenvalue weighted by atomic mass is 10.4. The number of esters is 1. The van der Waals surface area contributed by atoms with Crippen LogP contribution in [0.25, 0.3) is 0 Å². The average Bonchev–Trinajstić information content (AvgIpc) is 2.32. The predicted octanol–water partition coefficient (Wildman–Crippen LogP) is 0.156. The molecule has 1 rings (SSSR count). The van der Waals surface area contributed by atoms with Gasteiger partial charge in [-0.05, 0) is 0 Å². The second-order valence-corrected chi connectivity index (χ2v) is 1.80. The third-order valence-corrected chi connectivity index (χ3v) is 1.14. The summed E-state index contributed by atoms with van der Waals surface area (Å²) in [6, 6.07) is 0. The van der Waals surface area contributed by atoms with Crippen molar-refractivity contribution in [3.05, 3.63) is 23.7 Å². The lowest BCUT2D eigenvalue weighted by Crippen LogP contribution is -1.92. The van der Waals surface area contributed by atoms with Gasteiger partial charge in [-0.25, -0.2) is 4.79 Å². The van der Waals surface area contributed by atoms with Crippen molar-refractivity contribution in [2.75, 3.05) is 7.11 Å². The van der Waals surface area contributed by atoms with Crippen molar-refractivity contribution in [3.63, 3.8) is 0 Å². The Bertz CT molecular complexity index is 249. The zero-order valence-electron chi connectivity index (χ0n) is 5.87. The first-order valence-corrected chi connectivity index (χ1v) is 2.91. The highest BCUT2D eigenvalue weighted by Gasteiger charge is 2.19. The summed E-state index contributed by atoms with van der Waals surface area (Å²) in [6.45, 7) is 0. The molecule has 0 bridgehead atoms. The largest absolute Gasteiger partial charge is 0.493 e. The van der Waals surface area contributed by atoms with Crippen LogP contribution in [0.3, 0.4) is 0 Å². The zero-order chi connectivity index (χ0) is 8.27. The molecule has 0 atom stereocenters. The van der Waals surface area contributed by atoms with Crippen molar-refractivity contribution in [1.82, 2.24) is 0 Å². The van der Waals surface area contributed by atoms with Crippen LogP contribution in [-0.2, 0) is 19.1 Å². The highest BCUT2D eigenvalue weighted by Crippen LogP contribution is 2.18. The Hall–Kier alpha value is -1.58. The first-order chi connectivity index (χ1) is 5.27. The molecule has 0 saturated heterocycles. The number of hydrogen-bond acceptors (Lipinski definition) is 4. The van der Waals surface area contributed by atoms with Gasteiger partial charge in [0, 0.05) is 6.08 Å². The Morgan fingerprint density at radius 2 is 2.36 bits per heavy atom.